The van der Waals surface area contributed by atoms with Crippen LogP contribution in [-0.2, 0) is 0 Å². The molecule has 0 aliphatic heterocycles. The molecule has 1 aromatic carbocycles. The summed E-state index contributed by atoms with van der Waals surface area (Å²) in [7, 11) is 0. The summed E-state index contributed by atoms with van der Waals surface area (Å²) in [5.74, 6) is 0.0611. The van der Waals surface area contributed by atoms with E-state index in [9.17, 15) is 4.79 Å². The molecule has 0 aromatic heterocycles. The molecule has 16 heavy (non-hydrogen) atoms. The number of halogens is 1. The highest BCUT2D eigenvalue weighted by atomic mass is 35.5. The van der Waals surface area contributed by atoms with Crippen LogP contribution in [0.4, 0.5) is 0 Å². The van der Waals surface area contributed by atoms with E-state index in [2.05, 4.69) is 6.07 Å². The second-order valence-electron chi connectivity index (χ2n) is 4.38. The number of hydrogen-bond acceptors (Lipinski definition) is 1. The highest BCUT2D eigenvalue weighted by Crippen LogP contribution is 2.24. The highest BCUT2D eigenvalue weighted by Gasteiger charge is 2.21. The summed E-state index contributed by atoms with van der Waals surface area (Å²) >= 11 is 6.05. The smallest absolute Gasteiger partial charge is 0.181 e. The minimum atomic E-state index is -0.404. The molecule has 1 aromatic rings. The van der Waals surface area contributed by atoms with Gasteiger partial charge in [0.25, 0.3) is 0 Å². The van der Waals surface area contributed by atoms with Crippen LogP contribution < -0.4 is 0 Å². The zero-order chi connectivity index (χ0) is 12.5. The Morgan fingerprint density at radius 1 is 1.19 bits per heavy atom. The Bertz CT molecular complexity index is 395. The second-order valence-corrected chi connectivity index (χ2v) is 4.90. The first kappa shape index (κ1) is 13.2. The van der Waals surface area contributed by atoms with Crippen molar-refractivity contribution in [2.45, 2.75) is 46.4 Å². The van der Waals surface area contributed by atoms with Gasteiger partial charge in [0, 0.05) is 5.56 Å². The van der Waals surface area contributed by atoms with E-state index >= 15 is 0 Å². The van der Waals surface area contributed by atoms with Gasteiger partial charge in [0.2, 0.25) is 0 Å². The summed E-state index contributed by atoms with van der Waals surface area (Å²) in [6.45, 7) is 9.99. The van der Waals surface area contributed by atoms with Crippen molar-refractivity contribution in [3.63, 3.8) is 0 Å². The van der Waals surface area contributed by atoms with Crippen molar-refractivity contribution < 1.29 is 4.79 Å². The van der Waals surface area contributed by atoms with Crippen molar-refractivity contribution >= 4 is 17.4 Å². The number of Topliss-reactive ketones (excluding diaryl/α,β-unsaturated/α-hetero) is 1. The summed E-state index contributed by atoms with van der Waals surface area (Å²) in [6, 6.07) is 2.12. The lowest BCUT2D eigenvalue weighted by molar-refractivity contribution is 0.0984. The second kappa shape index (κ2) is 5.01. The number of aryl methyl sites for hydroxylation is 2. The average molecular weight is 239 g/mol. The molecular weight excluding hydrogens is 220 g/mol. The van der Waals surface area contributed by atoms with Gasteiger partial charge in [-0.2, -0.15) is 0 Å². The first-order valence-corrected chi connectivity index (χ1v) is 6.09. The van der Waals surface area contributed by atoms with E-state index in [1.54, 1.807) is 0 Å². The molecule has 0 saturated carbocycles. The summed E-state index contributed by atoms with van der Waals surface area (Å²) in [4.78, 5) is 12.2. The normalized spacial score (nSPS) is 12.6. The lowest BCUT2D eigenvalue weighted by Crippen LogP contribution is -2.17. The third-order valence-electron chi connectivity index (χ3n) is 3.26. The maximum Gasteiger partial charge on any atom is 0.181 e. The van der Waals surface area contributed by atoms with Crippen LogP contribution in [0.2, 0.25) is 0 Å². The van der Waals surface area contributed by atoms with E-state index in [1.165, 1.54) is 0 Å². The molecule has 0 amide bonds. The largest absolute Gasteiger partial charge is 0.292 e. The lowest BCUT2D eigenvalue weighted by Gasteiger charge is -2.16. The standard InChI is InChI=1S/C14H19ClO/c1-6-12(15)14(16)13-10(4)8(2)7-9(3)11(13)5/h7,12H,6H2,1-5H3. The fourth-order valence-electron chi connectivity index (χ4n) is 1.93. The Morgan fingerprint density at radius 2 is 1.62 bits per heavy atom. The molecular formula is C14H19ClO. The predicted octanol–water partition coefficient (Wildman–Crippen LogP) is 4.12. The van der Waals surface area contributed by atoms with Gasteiger partial charge in [-0.15, -0.1) is 11.6 Å². The Balaban J connectivity index is 3.38. The molecule has 0 radical (unpaired) electrons. The first-order valence-electron chi connectivity index (χ1n) is 5.65. The topological polar surface area (TPSA) is 17.1 Å². The van der Waals surface area contributed by atoms with Crippen molar-refractivity contribution in [2.75, 3.05) is 0 Å². The zero-order valence-electron chi connectivity index (χ0n) is 10.6. The number of ketones is 1. The molecule has 0 spiro atoms. The van der Waals surface area contributed by atoms with Gasteiger partial charge >= 0.3 is 0 Å². The van der Waals surface area contributed by atoms with Crippen LogP contribution >= 0.6 is 11.6 Å². The number of rotatable bonds is 3. The molecule has 1 atom stereocenters. The number of hydrogen-bond donors (Lipinski definition) is 0. The van der Waals surface area contributed by atoms with Crippen LogP contribution in [0, 0.1) is 27.7 Å². The van der Waals surface area contributed by atoms with Gasteiger partial charge in [0.15, 0.2) is 5.78 Å². The number of benzene rings is 1. The van der Waals surface area contributed by atoms with Crippen molar-refractivity contribution in [3.8, 4) is 0 Å². The molecule has 0 fully saturated rings. The molecule has 0 bridgehead atoms. The van der Waals surface area contributed by atoms with E-state index in [0.29, 0.717) is 6.42 Å². The molecule has 1 rings (SSSR count). The maximum atomic E-state index is 12.2. The van der Waals surface area contributed by atoms with Crippen molar-refractivity contribution in [3.05, 3.63) is 33.9 Å². The summed E-state index contributed by atoms with van der Waals surface area (Å²) in [5.41, 5.74) is 5.26. The maximum absolute atomic E-state index is 12.2. The van der Waals surface area contributed by atoms with E-state index in [0.717, 1.165) is 27.8 Å². The molecule has 0 aliphatic carbocycles. The highest BCUT2D eigenvalue weighted by molar-refractivity contribution is 6.34. The molecule has 0 N–H and O–H groups in total. The minimum Gasteiger partial charge on any atom is -0.292 e. The Kier molecular flexibility index (Phi) is 4.15. The van der Waals surface area contributed by atoms with Gasteiger partial charge in [-0.3, -0.25) is 4.79 Å². The van der Waals surface area contributed by atoms with Crippen LogP contribution in [0.5, 0.6) is 0 Å². The summed E-state index contributed by atoms with van der Waals surface area (Å²) in [6.07, 6.45) is 0.673. The Morgan fingerprint density at radius 3 is 2.00 bits per heavy atom. The SMILES string of the molecule is CCC(Cl)C(=O)c1c(C)c(C)cc(C)c1C. The lowest BCUT2D eigenvalue weighted by atomic mass is 9.90. The van der Waals surface area contributed by atoms with E-state index in [1.807, 2.05) is 34.6 Å². The van der Waals surface area contributed by atoms with Crippen molar-refractivity contribution in [2.24, 2.45) is 0 Å². The molecule has 0 aliphatic rings. The monoisotopic (exact) mass is 238 g/mol. The third-order valence-corrected chi connectivity index (χ3v) is 3.76. The van der Waals surface area contributed by atoms with Crippen molar-refractivity contribution in [1.82, 2.24) is 0 Å². The Labute approximate surface area is 103 Å². The van der Waals surface area contributed by atoms with Crippen LogP contribution in [-0.4, -0.2) is 11.2 Å². The molecule has 1 unspecified atom stereocenters. The van der Waals surface area contributed by atoms with E-state index < -0.39 is 5.38 Å². The minimum absolute atomic E-state index is 0.0611. The third kappa shape index (κ3) is 2.30. The summed E-state index contributed by atoms with van der Waals surface area (Å²) in [5, 5.41) is -0.404. The van der Waals surface area contributed by atoms with Gasteiger partial charge in [-0.25, -0.2) is 0 Å². The molecule has 0 heterocycles. The van der Waals surface area contributed by atoms with E-state index in [-0.39, 0.29) is 5.78 Å². The first-order chi connectivity index (χ1) is 7.40. The average Bonchev–Trinajstić information content (AvgIpc) is 2.25. The van der Waals surface area contributed by atoms with Crippen LogP contribution in [0.15, 0.2) is 6.07 Å². The Hall–Kier alpha value is -0.820. The molecule has 0 saturated heterocycles. The van der Waals surface area contributed by atoms with Gasteiger partial charge in [0.05, 0.1) is 5.38 Å². The fourth-order valence-corrected chi connectivity index (χ4v) is 2.04. The zero-order valence-corrected chi connectivity index (χ0v) is 11.4. The van der Waals surface area contributed by atoms with Gasteiger partial charge in [0.1, 0.15) is 0 Å². The molecule has 1 nitrogen and oxygen atoms in total. The van der Waals surface area contributed by atoms with Gasteiger partial charge in [-0.1, -0.05) is 13.0 Å². The summed E-state index contributed by atoms with van der Waals surface area (Å²) < 4.78 is 0. The van der Waals surface area contributed by atoms with E-state index in [4.69, 9.17) is 11.6 Å². The number of carbonyl (C=O) groups excluding carboxylic acids is 1. The quantitative estimate of drug-likeness (QED) is 0.572. The van der Waals surface area contributed by atoms with Crippen LogP contribution in [0.1, 0.15) is 46.0 Å². The molecule has 2 heteroatoms. The molecule has 88 valence electrons. The van der Waals surface area contributed by atoms with Crippen molar-refractivity contribution in [1.29, 1.82) is 0 Å². The van der Waals surface area contributed by atoms with Gasteiger partial charge in [-0.05, 0) is 56.4 Å². The number of carbonyl (C=O) groups is 1. The predicted molar refractivity (Wildman–Crippen MR) is 69.7 cm³/mol. The van der Waals surface area contributed by atoms with Crippen LogP contribution in [0.3, 0.4) is 0 Å². The number of alkyl halides is 1. The van der Waals surface area contributed by atoms with Gasteiger partial charge < -0.3 is 0 Å². The fraction of sp³-hybridized carbons (Fsp3) is 0.500. The van der Waals surface area contributed by atoms with Crippen LogP contribution in [0.25, 0.3) is 0 Å².